The van der Waals surface area contributed by atoms with Crippen LogP contribution in [0.4, 0.5) is 0 Å². The third-order valence-corrected chi connectivity index (χ3v) is 2.38. The van der Waals surface area contributed by atoms with Crippen LogP contribution >= 0.6 is 0 Å². The van der Waals surface area contributed by atoms with E-state index in [1.807, 2.05) is 13.8 Å². The quantitative estimate of drug-likeness (QED) is 0.629. The Labute approximate surface area is 79.4 Å². The molecule has 0 radical (unpaired) electrons. The average molecular weight is 186 g/mol. The molecule has 76 valence electrons. The molecule has 0 aromatic heterocycles. The Morgan fingerprint density at radius 1 is 1.15 bits per heavy atom. The number of carbonyl (C=O) groups excluding carboxylic acids is 1. The minimum atomic E-state index is -0.461. The van der Waals surface area contributed by atoms with E-state index in [-0.39, 0.29) is 0 Å². The minimum absolute atomic E-state index is 0.329. The normalized spacial score (nSPS) is 21.8. The molecule has 0 N–H and O–H groups in total. The molecule has 0 bridgehead atoms. The number of rotatable bonds is 4. The largest absolute Gasteiger partial charge is 0.350 e. The van der Waals surface area contributed by atoms with E-state index in [1.54, 1.807) is 0 Å². The maximum atomic E-state index is 11.0. The van der Waals surface area contributed by atoms with Gasteiger partial charge >= 0.3 is 0 Å². The highest BCUT2D eigenvalue weighted by Crippen LogP contribution is 2.30. The van der Waals surface area contributed by atoms with Crippen LogP contribution in [-0.4, -0.2) is 24.8 Å². The van der Waals surface area contributed by atoms with Crippen LogP contribution < -0.4 is 0 Å². The van der Waals surface area contributed by atoms with E-state index in [2.05, 4.69) is 0 Å². The predicted octanol–water partition coefficient (Wildman–Crippen LogP) is 1.90. The highest BCUT2D eigenvalue weighted by Gasteiger charge is 2.35. The third-order valence-electron chi connectivity index (χ3n) is 2.38. The van der Waals surface area contributed by atoms with Gasteiger partial charge in [-0.1, -0.05) is 0 Å². The van der Waals surface area contributed by atoms with Gasteiger partial charge in [-0.05, 0) is 13.8 Å². The van der Waals surface area contributed by atoms with Crippen LogP contribution in [0.2, 0.25) is 0 Å². The average Bonchev–Trinajstić information content (AvgIpc) is 2.11. The van der Waals surface area contributed by atoms with Crippen molar-refractivity contribution in [3.05, 3.63) is 0 Å². The lowest BCUT2D eigenvalue weighted by molar-refractivity contribution is -0.245. The number of ketones is 1. The number of ether oxygens (including phenoxy) is 2. The summed E-state index contributed by atoms with van der Waals surface area (Å²) in [5.74, 6) is -0.132. The van der Waals surface area contributed by atoms with Gasteiger partial charge < -0.3 is 9.47 Å². The molecule has 0 saturated heterocycles. The summed E-state index contributed by atoms with van der Waals surface area (Å²) < 4.78 is 11.2. The van der Waals surface area contributed by atoms with Crippen molar-refractivity contribution in [2.24, 2.45) is 0 Å². The van der Waals surface area contributed by atoms with Gasteiger partial charge in [-0.3, -0.25) is 4.79 Å². The van der Waals surface area contributed by atoms with Gasteiger partial charge in [0.1, 0.15) is 5.78 Å². The first-order valence-electron chi connectivity index (χ1n) is 5.02. The van der Waals surface area contributed by atoms with E-state index in [4.69, 9.17) is 9.47 Å². The SMILES string of the molecule is CCOC1(OCC)CCC(=O)CC1. The number of carbonyl (C=O) groups is 1. The molecule has 1 saturated carbocycles. The molecule has 0 amide bonds. The summed E-state index contributed by atoms with van der Waals surface area (Å²) in [6.45, 7) is 5.21. The third kappa shape index (κ3) is 2.78. The predicted molar refractivity (Wildman–Crippen MR) is 49.5 cm³/mol. The lowest BCUT2D eigenvalue weighted by Gasteiger charge is -2.35. The summed E-state index contributed by atoms with van der Waals surface area (Å²) in [5, 5.41) is 0. The number of hydrogen-bond donors (Lipinski definition) is 0. The van der Waals surface area contributed by atoms with E-state index >= 15 is 0 Å². The second kappa shape index (κ2) is 4.72. The maximum absolute atomic E-state index is 11.0. The molecule has 0 unspecified atom stereocenters. The Balaban J connectivity index is 2.51. The van der Waals surface area contributed by atoms with Crippen molar-refractivity contribution in [1.29, 1.82) is 0 Å². The highest BCUT2D eigenvalue weighted by atomic mass is 16.7. The Morgan fingerprint density at radius 2 is 1.62 bits per heavy atom. The van der Waals surface area contributed by atoms with Crippen molar-refractivity contribution in [2.75, 3.05) is 13.2 Å². The molecular formula is C10H18O3. The van der Waals surface area contributed by atoms with Crippen LogP contribution in [0.1, 0.15) is 39.5 Å². The smallest absolute Gasteiger partial charge is 0.169 e. The fraction of sp³-hybridized carbons (Fsp3) is 0.900. The molecule has 0 aromatic rings. The van der Waals surface area contributed by atoms with Crippen LogP contribution in [0, 0.1) is 0 Å². The molecule has 1 aliphatic rings. The first kappa shape index (κ1) is 10.7. The standard InChI is InChI=1S/C10H18O3/c1-3-12-10(13-4-2)7-5-9(11)6-8-10/h3-8H2,1-2H3. The van der Waals surface area contributed by atoms with Crippen molar-refractivity contribution in [2.45, 2.75) is 45.3 Å². The summed E-state index contributed by atoms with van der Waals surface area (Å²) in [5.41, 5.74) is 0. The second-order valence-corrected chi connectivity index (χ2v) is 3.32. The van der Waals surface area contributed by atoms with E-state index in [1.165, 1.54) is 0 Å². The molecule has 0 aliphatic heterocycles. The summed E-state index contributed by atoms with van der Waals surface area (Å²) in [7, 11) is 0. The zero-order valence-corrected chi connectivity index (χ0v) is 8.47. The first-order valence-corrected chi connectivity index (χ1v) is 5.02. The monoisotopic (exact) mass is 186 g/mol. The second-order valence-electron chi connectivity index (χ2n) is 3.32. The van der Waals surface area contributed by atoms with Gasteiger partial charge in [0.05, 0.1) is 0 Å². The van der Waals surface area contributed by atoms with Crippen molar-refractivity contribution < 1.29 is 14.3 Å². The lowest BCUT2D eigenvalue weighted by Crippen LogP contribution is -2.40. The maximum Gasteiger partial charge on any atom is 0.169 e. The van der Waals surface area contributed by atoms with Crippen molar-refractivity contribution in [3.63, 3.8) is 0 Å². The molecule has 1 aliphatic carbocycles. The van der Waals surface area contributed by atoms with Gasteiger partial charge in [0.25, 0.3) is 0 Å². The fourth-order valence-electron chi connectivity index (χ4n) is 1.77. The van der Waals surface area contributed by atoms with Crippen LogP contribution in [-0.2, 0) is 14.3 Å². The zero-order valence-electron chi connectivity index (χ0n) is 8.47. The van der Waals surface area contributed by atoms with E-state index < -0.39 is 5.79 Å². The van der Waals surface area contributed by atoms with Gasteiger partial charge in [-0.2, -0.15) is 0 Å². The van der Waals surface area contributed by atoms with Gasteiger partial charge in [0, 0.05) is 38.9 Å². The van der Waals surface area contributed by atoms with Crippen molar-refractivity contribution in [1.82, 2.24) is 0 Å². The van der Waals surface area contributed by atoms with Crippen LogP contribution in [0.25, 0.3) is 0 Å². The van der Waals surface area contributed by atoms with Crippen molar-refractivity contribution >= 4 is 5.78 Å². The van der Waals surface area contributed by atoms with Gasteiger partial charge in [-0.25, -0.2) is 0 Å². The Bertz CT molecular complexity index is 159. The molecule has 0 atom stereocenters. The Morgan fingerprint density at radius 3 is 2.00 bits per heavy atom. The number of hydrogen-bond acceptors (Lipinski definition) is 3. The summed E-state index contributed by atoms with van der Waals surface area (Å²) >= 11 is 0. The molecular weight excluding hydrogens is 168 g/mol. The fourth-order valence-corrected chi connectivity index (χ4v) is 1.77. The van der Waals surface area contributed by atoms with E-state index in [0.29, 0.717) is 44.7 Å². The summed E-state index contributed by atoms with van der Waals surface area (Å²) in [6, 6.07) is 0. The van der Waals surface area contributed by atoms with E-state index in [9.17, 15) is 4.79 Å². The Hall–Kier alpha value is -0.410. The lowest BCUT2D eigenvalue weighted by atomic mass is 9.93. The Kier molecular flexibility index (Phi) is 3.88. The molecule has 0 aromatic carbocycles. The number of Topliss-reactive ketones (excluding diaryl/α,β-unsaturated/α-hetero) is 1. The summed E-state index contributed by atoms with van der Waals surface area (Å²) in [6.07, 6.45) is 2.63. The molecule has 0 heterocycles. The van der Waals surface area contributed by atoms with Crippen LogP contribution in [0.3, 0.4) is 0 Å². The molecule has 1 fully saturated rings. The van der Waals surface area contributed by atoms with Gasteiger partial charge in [-0.15, -0.1) is 0 Å². The topological polar surface area (TPSA) is 35.5 Å². The minimum Gasteiger partial charge on any atom is -0.350 e. The molecule has 13 heavy (non-hydrogen) atoms. The van der Waals surface area contributed by atoms with Gasteiger partial charge in [0.2, 0.25) is 0 Å². The molecule has 3 heteroatoms. The van der Waals surface area contributed by atoms with Crippen molar-refractivity contribution in [3.8, 4) is 0 Å². The zero-order chi connectivity index (χ0) is 9.73. The molecule has 0 spiro atoms. The van der Waals surface area contributed by atoms with Crippen LogP contribution in [0.15, 0.2) is 0 Å². The molecule has 3 nitrogen and oxygen atoms in total. The summed E-state index contributed by atoms with van der Waals surface area (Å²) in [4.78, 5) is 11.0. The highest BCUT2D eigenvalue weighted by molar-refractivity contribution is 5.79. The van der Waals surface area contributed by atoms with Crippen LogP contribution in [0.5, 0.6) is 0 Å². The van der Waals surface area contributed by atoms with E-state index in [0.717, 1.165) is 0 Å². The first-order chi connectivity index (χ1) is 6.22. The molecule has 1 rings (SSSR count). The van der Waals surface area contributed by atoms with Gasteiger partial charge in [0.15, 0.2) is 5.79 Å².